The van der Waals surface area contributed by atoms with Gasteiger partial charge in [-0.2, -0.15) is 0 Å². The summed E-state index contributed by atoms with van der Waals surface area (Å²) < 4.78 is 0. The van der Waals surface area contributed by atoms with Gasteiger partial charge in [-0.1, -0.05) is 13.8 Å². The molecule has 32 heavy (non-hydrogen) atoms. The van der Waals surface area contributed by atoms with Crippen LogP contribution in [0.3, 0.4) is 0 Å². The summed E-state index contributed by atoms with van der Waals surface area (Å²) in [6, 6.07) is 3.61. The lowest BCUT2D eigenvalue weighted by molar-refractivity contribution is -0.384. The highest BCUT2D eigenvalue weighted by atomic mass is 16.6. The Morgan fingerprint density at radius 2 is 1.62 bits per heavy atom. The molecule has 172 valence electrons. The standard InChI is InChI=1S/C22H28N4O6/c1-15(2)13-20(28)24-9-4-8-23(11-12-24)19(27)5-3-10-25-21(29)17-7-6-16(26(31)32)14-18(17)22(25)30/h6-7,14-15H,3-5,8-13H2,1-2H3. The maximum atomic E-state index is 12.6. The lowest BCUT2D eigenvalue weighted by Gasteiger charge is -2.23. The summed E-state index contributed by atoms with van der Waals surface area (Å²) in [6.45, 7) is 6.26. The Balaban J connectivity index is 1.50. The fourth-order valence-corrected chi connectivity index (χ4v) is 4.04. The number of carbonyl (C=O) groups excluding carboxylic acids is 4. The molecule has 10 nitrogen and oxygen atoms in total. The van der Waals surface area contributed by atoms with E-state index in [9.17, 15) is 29.3 Å². The largest absolute Gasteiger partial charge is 0.341 e. The van der Waals surface area contributed by atoms with Crippen LogP contribution in [0.15, 0.2) is 18.2 Å². The third-order valence-electron chi connectivity index (χ3n) is 5.72. The van der Waals surface area contributed by atoms with Crippen molar-refractivity contribution in [2.24, 2.45) is 5.92 Å². The van der Waals surface area contributed by atoms with E-state index in [1.54, 1.807) is 4.90 Å². The molecular formula is C22H28N4O6. The third kappa shape index (κ3) is 5.12. The number of carbonyl (C=O) groups is 4. The molecule has 10 heteroatoms. The van der Waals surface area contributed by atoms with Gasteiger partial charge in [0.15, 0.2) is 0 Å². The third-order valence-corrected chi connectivity index (χ3v) is 5.72. The SMILES string of the molecule is CC(C)CC(=O)N1CCCN(C(=O)CCCN2C(=O)c3ccc([N+](=O)[O-])cc3C2=O)CC1. The number of benzene rings is 1. The molecule has 1 saturated heterocycles. The minimum Gasteiger partial charge on any atom is -0.341 e. The molecule has 0 spiro atoms. The van der Waals surface area contributed by atoms with Crippen molar-refractivity contribution >= 4 is 29.3 Å². The van der Waals surface area contributed by atoms with Gasteiger partial charge in [-0.25, -0.2) is 0 Å². The molecule has 3 rings (SSSR count). The number of nitro benzene ring substituents is 1. The van der Waals surface area contributed by atoms with Crippen LogP contribution in [0.1, 0.15) is 60.2 Å². The molecule has 0 atom stereocenters. The van der Waals surface area contributed by atoms with Crippen LogP contribution >= 0.6 is 0 Å². The lowest BCUT2D eigenvalue weighted by Crippen LogP contribution is -2.38. The van der Waals surface area contributed by atoms with E-state index in [0.29, 0.717) is 45.4 Å². The van der Waals surface area contributed by atoms with Crippen molar-refractivity contribution in [2.75, 3.05) is 32.7 Å². The normalized spacial score (nSPS) is 16.4. The first-order valence-electron chi connectivity index (χ1n) is 10.9. The van der Waals surface area contributed by atoms with Crippen LogP contribution in [-0.4, -0.2) is 76.0 Å². The molecule has 0 saturated carbocycles. The van der Waals surface area contributed by atoms with Gasteiger partial charge in [0.05, 0.1) is 16.1 Å². The average Bonchev–Trinajstić information content (AvgIpc) is 2.92. The van der Waals surface area contributed by atoms with E-state index in [2.05, 4.69) is 0 Å². The van der Waals surface area contributed by atoms with E-state index in [1.165, 1.54) is 12.1 Å². The number of amides is 4. The van der Waals surface area contributed by atoms with E-state index >= 15 is 0 Å². The molecule has 1 aromatic carbocycles. The number of rotatable bonds is 7. The minimum atomic E-state index is -0.613. The van der Waals surface area contributed by atoms with E-state index in [-0.39, 0.29) is 47.5 Å². The zero-order valence-corrected chi connectivity index (χ0v) is 18.4. The quantitative estimate of drug-likeness (QED) is 0.361. The van der Waals surface area contributed by atoms with Gasteiger partial charge >= 0.3 is 0 Å². The minimum absolute atomic E-state index is 0.0224. The molecule has 0 aliphatic carbocycles. The van der Waals surface area contributed by atoms with Gasteiger partial charge in [0.2, 0.25) is 11.8 Å². The van der Waals surface area contributed by atoms with Crippen molar-refractivity contribution in [3.8, 4) is 0 Å². The van der Waals surface area contributed by atoms with E-state index in [1.807, 2.05) is 18.7 Å². The summed E-state index contributed by atoms with van der Waals surface area (Å²) in [5.74, 6) is -0.746. The highest BCUT2D eigenvalue weighted by Crippen LogP contribution is 2.27. The van der Waals surface area contributed by atoms with Crippen molar-refractivity contribution in [1.82, 2.24) is 14.7 Å². The fourth-order valence-electron chi connectivity index (χ4n) is 4.04. The fraction of sp³-hybridized carbons (Fsp3) is 0.545. The van der Waals surface area contributed by atoms with Crippen molar-refractivity contribution in [3.05, 3.63) is 39.4 Å². The average molecular weight is 444 g/mol. The highest BCUT2D eigenvalue weighted by Gasteiger charge is 2.36. The second-order valence-electron chi connectivity index (χ2n) is 8.57. The van der Waals surface area contributed by atoms with Gasteiger partial charge in [0, 0.05) is 57.7 Å². The Morgan fingerprint density at radius 1 is 1.00 bits per heavy atom. The smallest absolute Gasteiger partial charge is 0.270 e. The first kappa shape index (κ1) is 23.4. The van der Waals surface area contributed by atoms with Crippen LogP contribution in [0.4, 0.5) is 5.69 Å². The van der Waals surface area contributed by atoms with Gasteiger partial charge in [0.1, 0.15) is 0 Å². The molecule has 1 fully saturated rings. The summed E-state index contributed by atoms with van der Waals surface area (Å²) in [7, 11) is 0. The molecule has 0 bridgehead atoms. The first-order valence-corrected chi connectivity index (χ1v) is 10.9. The second kappa shape index (κ2) is 9.88. The molecule has 0 N–H and O–H groups in total. The monoisotopic (exact) mass is 444 g/mol. The Hall–Kier alpha value is -3.30. The second-order valence-corrected chi connectivity index (χ2v) is 8.57. The Morgan fingerprint density at radius 3 is 2.25 bits per heavy atom. The van der Waals surface area contributed by atoms with Crippen LogP contribution in [0.2, 0.25) is 0 Å². The van der Waals surface area contributed by atoms with Gasteiger partial charge in [-0.05, 0) is 24.8 Å². The molecular weight excluding hydrogens is 416 g/mol. The maximum absolute atomic E-state index is 12.6. The van der Waals surface area contributed by atoms with E-state index < -0.39 is 16.7 Å². The van der Waals surface area contributed by atoms with Crippen LogP contribution in [0.25, 0.3) is 0 Å². The Kier molecular flexibility index (Phi) is 7.22. The summed E-state index contributed by atoms with van der Waals surface area (Å²) in [5, 5.41) is 10.9. The van der Waals surface area contributed by atoms with Gasteiger partial charge in [-0.3, -0.25) is 34.2 Å². The Labute approximate surface area is 186 Å². The predicted octanol–water partition coefficient (Wildman–Crippen LogP) is 2.08. The van der Waals surface area contributed by atoms with Crippen LogP contribution in [0.5, 0.6) is 0 Å². The summed E-state index contributed by atoms with van der Waals surface area (Å²) in [6.07, 6.45) is 1.69. The molecule has 0 radical (unpaired) electrons. The topological polar surface area (TPSA) is 121 Å². The highest BCUT2D eigenvalue weighted by molar-refractivity contribution is 6.21. The van der Waals surface area contributed by atoms with E-state index in [0.717, 1.165) is 11.0 Å². The molecule has 2 aliphatic heterocycles. The Bertz CT molecular complexity index is 944. The van der Waals surface area contributed by atoms with Crippen molar-refractivity contribution in [1.29, 1.82) is 0 Å². The zero-order valence-electron chi connectivity index (χ0n) is 18.4. The lowest BCUT2D eigenvalue weighted by atomic mass is 10.1. The molecule has 2 heterocycles. The molecule has 0 unspecified atom stereocenters. The number of nitrogens with zero attached hydrogens (tertiary/aromatic N) is 4. The van der Waals surface area contributed by atoms with Crippen molar-refractivity contribution in [2.45, 2.75) is 39.5 Å². The zero-order chi connectivity index (χ0) is 23.4. The first-order chi connectivity index (χ1) is 15.2. The number of hydrogen-bond donors (Lipinski definition) is 0. The van der Waals surface area contributed by atoms with Crippen molar-refractivity contribution in [3.63, 3.8) is 0 Å². The van der Waals surface area contributed by atoms with Gasteiger partial charge in [-0.15, -0.1) is 0 Å². The van der Waals surface area contributed by atoms with Crippen molar-refractivity contribution < 1.29 is 24.1 Å². The summed E-state index contributed by atoms with van der Waals surface area (Å²) >= 11 is 0. The molecule has 4 amide bonds. The number of nitro groups is 1. The molecule has 2 aliphatic rings. The number of fused-ring (bicyclic) bond motifs is 1. The predicted molar refractivity (Wildman–Crippen MR) is 115 cm³/mol. The molecule has 0 aromatic heterocycles. The number of imide groups is 1. The van der Waals surface area contributed by atoms with Crippen LogP contribution < -0.4 is 0 Å². The summed E-state index contributed by atoms with van der Waals surface area (Å²) in [4.78, 5) is 64.8. The van der Waals surface area contributed by atoms with Gasteiger partial charge < -0.3 is 9.80 Å². The molecule has 1 aromatic rings. The number of hydrogen-bond acceptors (Lipinski definition) is 6. The summed E-state index contributed by atoms with van der Waals surface area (Å²) in [5.41, 5.74) is -0.0798. The van der Waals surface area contributed by atoms with Gasteiger partial charge in [0.25, 0.3) is 17.5 Å². The maximum Gasteiger partial charge on any atom is 0.270 e. The van der Waals surface area contributed by atoms with Crippen LogP contribution in [0, 0.1) is 16.0 Å². The number of non-ortho nitro benzene ring substituents is 1. The van der Waals surface area contributed by atoms with E-state index in [4.69, 9.17) is 0 Å². The van der Waals surface area contributed by atoms with Crippen LogP contribution in [-0.2, 0) is 9.59 Å².